The Hall–Kier alpha value is -0.790. The average Bonchev–Trinajstić information content (AvgIpc) is 2.13. The second kappa shape index (κ2) is 7.49. The van der Waals surface area contributed by atoms with Gasteiger partial charge in [-0.2, -0.15) is 0 Å². The lowest BCUT2D eigenvalue weighted by molar-refractivity contribution is -0.132. The first-order valence-corrected chi connectivity index (χ1v) is 5.84. The zero-order valence-electron chi connectivity index (χ0n) is 10.3. The fourth-order valence-corrected chi connectivity index (χ4v) is 1.55. The summed E-state index contributed by atoms with van der Waals surface area (Å²) >= 11 is 0. The molecule has 1 atom stereocenters. The number of rotatable bonds is 8. The molecule has 0 amide bonds. The van der Waals surface area contributed by atoms with Gasteiger partial charge < -0.3 is 5.11 Å². The number of carboxylic acid groups (broad SMARTS) is 1. The van der Waals surface area contributed by atoms with Crippen LogP contribution in [0.2, 0.25) is 0 Å². The highest BCUT2D eigenvalue weighted by Crippen LogP contribution is 2.18. The average molecular weight is 212 g/mol. The van der Waals surface area contributed by atoms with Crippen molar-refractivity contribution in [1.29, 1.82) is 0 Å². The van der Waals surface area contributed by atoms with Gasteiger partial charge in [0.05, 0.1) is 0 Å². The molecule has 2 heteroatoms. The summed E-state index contributed by atoms with van der Waals surface area (Å²) in [5, 5.41) is 8.64. The van der Waals surface area contributed by atoms with Crippen LogP contribution < -0.4 is 0 Å². The molecule has 0 aromatic heterocycles. The molecule has 88 valence electrons. The van der Waals surface area contributed by atoms with Crippen LogP contribution in [0, 0.1) is 11.8 Å². The third-order valence-corrected chi connectivity index (χ3v) is 2.72. The van der Waals surface area contributed by atoms with Crippen LogP contribution in [0.3, 0.4) is 0 Å². The lowest BCUT2D eigenvalue weighted by atomic mass is 9.94. The Bertz CT molecular complexity index is 207. The second-order valence-corrected chi connectivity index (χ2v) is 4.88. The maximum absolute atomic E-state index is 10.5. The van der Waals surface area contributed by atoms with Gasteiger partial charge in [0.1, 0.15) is 0 Å². The van der Waals surface area contributed by atoms with E-state index in [2.05, 4.69) is 27.4 Å². The molecule has 0 heterocycles. The molecule has 0 aliphatic carbocycles. The molecule has 0 aromatic carbocycles. The Kier molecular flexibility index (Phi) is 7.10. The first-order valence-electron chi connectivity index (χ1n) is 5.84. The monoisotopic (exact) mass is 212 g/mol. The van der Waals surface area contributed by atoms with Crippen LogP contribution in [-0.4, -0.2) is 11.1 Å². The highest BCUT2D eigenvalue weighted by Gasteiger charge is 2.07. The van der Waals surface area contributed by atoms with E-state index >= 15 is 0 Å². The van der Waals surface area contributed by atoms with Gasteiger partial charge in [-0.3, -0.25) is 0 Å². The summed E-state index contributed by atoms with van der Waals surface area (Å²) in [7, 11) is 0. The van der Waals surface area contributed by atoms with Gasteiger partial charge >= 0.3 is 5.97 Å². The molecule has 0 saturated carbocycles. The molecule has 0 aliphatic rings. The van der Waals surface area contributed by atoms with Gasteiger partial charge in [0.2, 0.25) is 0 Å². The van der Waals surface area contributed by atoms with Crippen molar-refractivity contribution in [3.05, 3.63) is 12.2 Å². The molecular weight excluding hydrogens is 188 g/mol. The SMILES string of the molecule is C=C(CCC(C)CCCC(C)C)C(=O)O. The zero-order valence-corrected chi connectivity index (χ0v) is 10.3. The molecule has 1 N–H and O–H groups in total. The number of hydrogen-bond acceptors (Lipinski definition) is 1. The lowest BCUT2D eigenvalue weighted by Gasteiger charge is -2.11. The Labute approximate surface area is 93.4 Å². The molecule has 0 aromatic rings. The minimum atomic E-state index is -0.857. The summed E-state index contributed by atoms with van der Waals surface area (Å²) in [6.07, 6.45) is 5.29. The number of carbonyl (C=O) groups is 1. The van der Waals surface area contributed by atoms with E-state index in [1.165, 1.54) is 19.3 Å². The van der Waals surface area contributed by atoms with Crippen molar-refractivity contribution in [2.75, 3.05) is 0 Å². The van der Waals surface area contributed by atoms with Crippen molar-refractivity contribution in [3.8, 4) is 0 Å². The topological polar surface area (TPSA) is 37.3 Å². The summed E-state index contributed by atoms with van der Waals surface area (Å²) in [6.45, 7) is 10.2. The maximum Gasteiger partial charge on any atom is 0.330 e. The van der Waals surface area contributed by atoms with E-state index < -0.39 is 5.97 Å². The smallest absolute Gasteiger partial charge is 0.330 e. The van der Waals surface area contributed by atoms with Crippen LogP contribution in [0.4, 0.5) is 0 Å². The molecule has 0 fully saturated rings. The second-order valence-electron chi connectivity index (χ2n) is 4.88. The van der Waals surface area contributed by atoms with Crippen LogP contribution in [0.25, 0.3) is 0 Å². The first kappa shape index (κ1) is 14.2. The van der Waals surface area contributed by atoms with Crippen LogP contribution in [0.15, 0.2) is 12.2 Å². The molecule has 0 radical (unpaired) electrons. The van der Waals surface area contributed by atoms with Crippen LogP contribution in [0.1, 0.15) is 52.9 Å². The number of carboxylic acids is 1. The molecule has 0 rings (SSSR count). The summed E-state index contributed by atoms with van der Waals surface area (Å²) < 4.78 is 0. The Morgan fingerprint density at radius 2 is 1.80 bits per heavy atom. The normalized spacial score (nSPS) is 12.8. The Morgan fingerprint density at radius 3 is 2.27 bits per heavy atom. The third-order valence-electron chi connectivity index (χ3n) is 2.72. The summed E-state index contributed by atoms with van der Waals surface area (Å²) in [5.74, 6) is 0.524. The molecule has 0 saturated heterocycles. The summed E-state index contributed by atoms with van der Waals surface area (Å²) in [6, 6.07) is 0. The standard InChI is InChI=1S/C13H24O2/c1-10(2)6-5-7-11(3)8-9-12(4)13(14)15/h10-11H,4-9H2,1-3H3,(H,14,15). The van der Waals surface area contributed by atoms with E-state index in [4.69, 9.17) is 5.11 Å². The summed E-state index contributed by atoms with van der Waals surface area (Å²) in [4.78, 5) is 10.5. The number of aliphatic carboxylic acids is 1. The van der Waals surface area contributed by atoms with Crippen molar-refractivity contribution in [1.82, 2.24) is 0 Å². The first-order chi connectivity index (χ1) is 6.93. The molecule has 15 heavy (non-hydrogen) atoms. The minimum Gasteiger partial charge on any atom is -0.478 e. The molecular formula is C13H24O2. The highest BCUT2D eigenvalue weighted by molar-refractivity contribution is 5.85. The molecule has 0 bridgehead atoms. The van der Waals surface area contributed by atoms with Gasteiger partial charge in [0.25, 0.3) is 0 Å². The summed E-state index contributed by atoms with van der Waals surface area (Å²) in [5.41, 5.74) is 0.339. The van der Waals surface area contributed by atoms with Crippen molar-refractivity contribution in [2.24, 2.45) is 11.8 Å². The van der Waals surface area contributed by atoms with Gasteiger partial charge in [0.15, 0.2) is 0 Å². The van der Waals surface area contributed by atoms with E-state index in [1.807, 2.05) is 0 Å². The zero-order chi connectivity index (χ0) is 11.8. The van der Waals surface area contributed by atoms with Crippen molar-refractivity contribution in [3.63, 3.8) is 0 Å². The number of hydrogen-bond donors (Lipinski definition) is 1. The minimum absolute atomic E-state index is 0.339. The lowest BCUT2D eigenvalue weighted by Crippen LogP contribution is -2.02. The maximum atomic E-state index is 10.5. The molecule has 0 aliphatic heterocycles. The van der Waals surface area contributed by atoms with E-state index in [9.17, 15) is 4.79 Å². The van der Waals surface area contributed by atoms with Crippen molar-refractivity contribution >= 4 is 5.97 Å². The van der Waals surface area contributed by atoms with Gasteiger partial charge in [-0.15, -0.1) is 0 Å². The predicted octanol–water partition coefficient (Wildman–Crippen LogP) is 3.87. The molecule has 1 unspecified atom stereocenters. The van der Waals surface area contributed by atoms with Gasteiger partial charge in [0, 0.05) is 5.57 Å². The van der Waals surface area contributed by atoms with Gasteiger partial charge in [-0.25, -0.2) is 4.79 Å². The van der Waals surface area contributed by atoms with Crippen LogP contribution in [-0.2, 0) is 4.79 Å². The Morgan fingerprint density at radius 1 is 1.20 bits per heavy atom. The van der Waals surface area contributed by atoms with E-state index in [-0.39, 0.29) is 0 Å². The fraction of sp³-hybridized carbons (Fsp3) is 0.769. The molecule has 2 nitrogen and oxygen atoms in total. The van der Waals surface area contributed by atoms with E-state index in [0.29, 0.717) is 17.9 Å². The quantitative estimate of drug-likeness (QED) is 0.620. The third kappa shape index (κ3) is 8.22. The van der Waals surface area contributed by atoms with Gasteiger partial charge in [-0.05, 0) is 24.7 Å². The Balaban J connectivity index is 3.53. The van der Waals surface area contributed by atoms with Crippen molar-refractivity contribution < 1.29 is 9.90 Å². The predicted molar refractivity (Wildman–Crippen MR) is 63.9 cm³/mol. The highest BCUT2D eigenvalue weighted by atomic mass is 16.4. The largest absolute Gasteiger partial charge is 0.478 e. The van der Waals surface area contributed by atoms with Crippen LogP contribution in [0.5, 0.6) is 0 Å². The van der Waals surface area contributed by atoms with E-state index in [0.717, 1.165) is 12.3 Å². The fourth-order valence-electron chi connectivity index (χ4n) is 1.55. The van der Waals surface area contributed by atoms with Gasteiger partial charge in [-0.1, -0.05) is 46.6 Å². The van der Waals surface area contributed by atoms with Crippen molar-refractivity contribution in [2.45, 2.75) is 52.9 Å². The molecule has 0 spiro atoms. The van der Waals surface area contributed by atoms with Crippen LogP contribution >= 0.6 is 0 Å². The van der Waals surface area contributed by atoms with E-state index in [1.54, 1.807) is 0 Å².